The molecule has 0 amide bonds. The highest BCUT2D eigenvalue weighted by atomic mass is 19.3. The molecule has 0 aromatic carbocycles. The fraction of sp³-hybridized carbons (Fsp3) is 1.00. The summed E-state index contributed by atoms with van der Waals surface area (Å²) in [5, 5.41) is 7.82. The normalized spacial score (nSPS) is 12.0. The maximum atomic E-state index is 11.5. The van der Waals surface area contributed by atoms with E-state index in [4.69, 9.17) is 5.11 Å². The van der Waals surface area contributed by atoms with E-state index in [9.17, 15) is 8.78 Å². The van der Waals surface area contributed by atoms with Crippen molar-refractivity contribution in [2.45, 2.75) is 32.3 Å². The monoisotopic (exact) mass is 124 g/mol. The zero-order chi connectivity index (χ0) is 6.62. The minimum Gasteiger partial charge on any atom is -0.336 e. The molecular formula is C5H10F2O. The van der Waals surface area contributed by atoms with Crippen LogP contribution in [-0.4, -0.2) is 11.2 Å². The third-order valence-corrected chi connectivity index (χ3v) is 0.831. The van der Waals surface area contributed by atoms with Crippen molar-refractivity contribution in [1.82, 2.24) is 0 Å². The van der Waals surface area contributed by atoms with Gasteiger partial charge in [0.05, 0.1) is 0 Å². The standard InChI is InChI=1S/C5H10F2O/c1-2-3-4-5(6,7)8/h8H,2-4H2,1H3. The predicted molar refractivity (Wildman–Crippen MR) is 26.7 cm³/mol. The second kappa shape index (κ2) is 2.97. The molecule has 0 saturated heterocycles. The summed E-state index contributed by atoms with van der Waals surface area (Å²) in [5.74, 6) is 0. The van der Waals surface area contributed by atoms with Crippen molar-refractivity contribution in [2.75, 3.05) is 0 Å². The smallest absolute Gasteiger partial charge is 0.336 e. The van der Waals surface area contributed by atoms with Crippen LogP contribution in [-0.2, 0) is 0 Å². The molecule has 0 saturated carbocycles. The Bertz CT molecular complexity index is 57.9. The lowest BCUT2D eigenvalue weighted by molar-refractivity contribution is -0.203. The molecule has 0 heterocycles. The van der Waals surface area contributed by atoms with E-state index in [0.29, 0.717) is 12.8 Å². The second-order valence-corrected chi connectivity index (χ2v) is 1.77. The van der Waals surface area contributed by atoms with Gasteiger partial charge in [0, 0.05) is 6.42 Å². The molecule has 0 aromatic heterocycles. The minimum atomic E-state index is -3.45. The van der Waals surface area contributed by atoms with Gasteiger partial charge in [0.25, 0.3) is 0 Å². The molecule has 8 heavy (non-hydrogen) atoms. The van der Waals surface area contributed by atoms with Gasteiger partial charge in [0.15, 0.2) is 0 Å². The number of unbranched alkanes of at least 4 members (excludes halogenated alkanes) is 1. The van der Waals surface area contributed by atoms with Gasteiger partial charge in [-0.25, -0.2) is 0 Å². The molecular weight excluding hydrogens is 114 g/mol. The number of halogens is 2. The van der Waals surface area contributed by atoms with Gasteiger partial charge >= 0.3 is 6.11 Å². The molecule has 0 radical (unpaired) electrons. The number of alkyl halides is 2. The molecule has 0 aliphatic heterocycles. The van der Waals surface area contributed by atoms with Crippen LogP contribution in [0.15, 0.2) is 0 Å². The fourth-order valence-corrected chi connectivity index (χ4v) is 0.389. The summed E-state index contributed by atoms with van der Waals surface area (Å²) in [6, 6.07) is 0. The molecule has 50 valence electrons. The van der Waals surface area contributed by atoms with Crippen molar-refractivity contribution in [3.05, 3.63) is 0 Å². The van der Waals surface area contributed by atoms with Crippen LogP contribution in [0, 0.1) is 0 Å². The highest BCUT2D eigenvalue weighted by Crippen LogP contribution is 2.16. The summed E-state index contributed by atoms with van der Waals surface area (Å²) in [6.07, 6.45) is -2.79. The summed E-state index contributed by atoms with van der Waals surface area (Å²) in [7, 11) is 0. The molecule has 1 N–H and O–H groups in total. The molecule has 0 atom stereocenters. The van der Waals surface area contributed by atoms with Gasteiger partial charge in [0.2, 0.25) is 0 Å². The van der Waals surface area contributed by atoms with Crippen molar-refractivity contribution >= 4 is 0 Å². The topological polar surface area (TPSA) is 20.2 Å². The van der Waals surface area contributed by atoms with E-state index < -0.39 is 12.5 Å². The first-order valence-corrected chi connectivity index (χ1v) is 2.66. The quantitative estimate of drug-likeness (QED) is 0.607. The average Bonchev–Trinajstić information content (AvgIpc) is 1.59. The lowest BCUT2D eigenvalue weighted by Crippen LogP contribution is -2.13. The summed E-state index contributed by atoms with van der Waals surface area (Å²) in [4.78, 5) is 0. The number of aliphatic hydroxyl groups is 1. The van der Waals surface area contributed by atoms with Gasteiger partial charge in [0.1, 0.15) is 0 Å². The molecule has 0 aromatic rings. The first-order chi connectivity index (χ1) is 3.56. The Hall–Kier alpha value is -0.180. The van der Waals surface area contributed by atoms with Crippen molar-refractivity contribution in [3.63, 3.8) is 0 Å². The van der Waals surface area contributed by atoms with Gasteiger partial charge in [-0.1, -0.05) is 13.3 Å². The molecule has 0 fully saturated rings. The van der Waals surface area contributed by atoms with Crippen LogP contribution >= 0.6 is 0 Å². The highest BCUT2D eigenvalue weighted by Gasteiger charge is 2.21. The summed E-state index contributed by atoms with van der Waals surface area (Å²) in [5.41, 5.74) is 0. The molecule has 0 bridgehead atoms. The summed E-state index contributed by atoms with van der Waals surface area (Å²) >= 11 is 0. The Balaban J connectivity index is 3.11. The van der Waals surface area contributed by atoms with Crippen LogP contribution in [0.25, 0.3) is 0 Å². The molecule has 3 heteroatoms. The Morgan fingerprint density at radius 3 is 2.12 bits per heavy atom. The molecule has 0 aliphatic carbocycles. The molecule has 1 nitrogen and oxygen atoms in total. The van der Waals surface area contributed by atoms with Crippen molar-refractivity contribution in [2.24, 2.45) is 0 Å². The van der Waals surface area contributed by atoms with Gasteiger partial charge in [-0.05, 0) is 6.42 Å². The van der Waals surface area contributed by atoms with E-state index in [0.717, 1.165) is 0 Å². The second-order valence-electron chi connectivity index (χ2n) is 1.77. The van der Waals surface area contributed by atoms with Crippen molar-refractivity contribution < 1.29 is 13.9 Å². The highest BCUT2D eigenvalue weighted by molar-refractivity contribution is 4.46. The zero-order valence-corrected chi connectivity index (χ0v) is 4.82. The van der Waals surface area contributed by atoms with Gasteiger partial charge < -0.3 is 5.11 Å². The molecule has 0 spiro atoms. The van der Waals surface area contributed by atoms with Gasteiger partial charge in [-0.15, -0.1) is 0 Å². The Morgan fingerprint density at radius 2 is 2.00 bits per heavy atom. The van der Waals surface area contributed by atoms with E-state index in [1.165, 1.54) is 0 Å². The lowest BCUT2D eigenvalue weighted by atomic mass is 10.2. The number of rotatable bonds is 3. The maximum Gasteiger partial charge on any atom is 0.353 e. The third-order valence-electron chi connectivity index (χ3n) is 0.831. The van der Waals surface area contributed by atoms with Crippen LogP contribution in [0.4, 0.5) is 8.78 Å². The van der Waals surface area contributed by atoms with Crippen LogP contribution in [0.5, 0.6) is 0 Å². The average molecular weight is 124 g/mol. The Labute approximate surface area is 47.3 Å². The summed E-state index contributed by atoms with van der Waals surface area (Å²) in [6.45, 7) is 1.80. The van der Waals surface area contributed by atoms with E-state index >= 15 is 0 Å². The Morgan fingerprint density at radius 1 is 1.50 bits per heavy atom. The van der Waals surface area contributed by atoms with Gasteiger partial charge in [-0.2, -0.15) is 8.78 Å². The summed E-state index contributed by atoms with van der Waals surface area (Å²) < 4.78 is 22.9. The first-order valence-electron chi connectivity index (χ1n) is 2.66. The molecule has 0 unspecified atom stereocenters. The van der Waals surface area contributed by atoms with E-state index in [1.807, 2.05) is 0 Å². The predicted octanol–water partition coefficient (Wildman–Crippen LogP) is 1.76. The molecule has 0 rings (SSSR count). The van der Waals surface area contributed by atoms with Crippen LogP contribution in [0.3, 0.4) is 0 Å². The van der Waals surface area contributed by atoms with Crippen LogP contribution in [0.2, 0.25) is 0 Å². The SMILES string of the molecule is CCCCC(O)(F)F. The third kappa shape index (κ3) is 5.82. The van der Waals surface area contributed by atoms with Gasteiger partial charge in [-0.3, -0.25) is 0 Å². The van der Waals surface area contributed by atoms with Crippen LogP contribution < -0.4 is 0 Å². The van der Waals surface area contributed by atoms with Crippen molar-refractivity contribution in [3.8, 4) is 0 Å². The largest absolute Gasteiger partial charge is 0.353 e. The first kappa shape index (κ1) is 7.82. The molecule has 0 aliphatic rings. The number of hydrogen-bond acceptors (Lipinski definition) is 1. The van der Waals surface area contributed by atoms with Crippen molar-refractivity contribution in [1.29, 1.82) is 0 Å². The maximum absolute atomic E-state index is 11.5. The lowest BCUT2D eigenvalue weighted by Gasteiger charge is -2.05. The van der Waals surface area contributed by atoms with E-state index in [-0.39, 0.29) is 0 Å². The fourth-order valence-electron chi connectivity index (χ4n) is 0.389. The minimum absolute atomic E-state index is 0.378. The van der Waals surface area contributed by atoms with E-state index in [1.54, 1.807) is 6.92 Å². The number of hydrogen-bond donors (Lipinski definition) is 1. The zero-order valence-electron chi connectivity index (χ0n) is 4.82. The van der Waals surface area contributed by atoms with Crippen LogP contribution in [0.1, 0.15) is 26.2 Å². The Kier molecular flexibility index (Phi) is 2.90. The van der Waals surface area contributed by atoms with E-state index in [2.05, 4.69) is 0 Å².